The van der Waals surface area contributed by atoms with Gasteiger partial charge in [-0.25, -0.2) is 17.9 Å². The van der Waals surface area contributed by atoms with E-state index in [0.29, 0.717) is 12.0 Å². The Labute approximate surface area is 126 Å². The van der Waals surface area contributed by atoms with E-state index in [1.54, 1.807) is 13.0 Å². The standard InChI is InChI=1S/C15H23NO4S/c1-6-11-7-8-12(9-13(11)14(17)18)21(19,20)16-10(2)15(3,4)5/h7-10,16H,6H2,1-5H3,(H,17,18). The van der Waals surface area contributed by atoms with E-state index in [4.69, 9.17) is 0 Å². The van der Waals surface area contributed by atoms with Crippen molar-refractivity contribution in [1.29, 1.82) is 0 Å². The van der Waals surface area contributed by atoms with Crippen LogP contribution in [0.4, 0.5) is 0 Å². The molecule has 5 nitrogen and oxygen atoms in total. The zero-order valence-electron chi connectivity index (χ0n) is 13.1. The molecule has 0 radical (unpaired) electrons. The van der Waals surface area contributed by atoms with Crippen molar-refractivity contribution in [2.75, 3.05) is 0 Å². The van der Waals surface area contributed by atoms with Gasteiger partial charge in [0.05, 0.1) is 10.5 Å². The number of benzene rings is 1. The fraction of sp³-hybridized carbons (Fsp3) is 0.533. The van der Waals surface area contributed by atoms with Crippen LogP contribution in [-0.4, -0.2) is 25.5 Å². The lowest BCUT2D eigenvalue weighted by Crippen LogP contribution is -2.41. The molecule has 6 heteroatoms. The van der Waals surface area contributed by atoms with E-state index in [0.717, 1.165) is 0 Å². The summed E-state index contributed by atoms with van der Waals surface area (Å²) in [5, 5.41) is 9.18. The largest absolute Gasteiger partial charge is 0.478 e. The Morgan fingerprint density at radius 3 is 2.33 bits per heavy atom. The minimum absolute atomic E-state index is 0.0202. The highest BCUT2D eigenvalue weighted by atomic mass is 32.2. The minimum atomic E-state index is -3.74. The van der Waals surface area contributed by atoms with Crippen molar-refractivity contribution in [3.8, 4) is 0 Å². The second-order valence-electron chi connectivity index (χ2n) is 6.19. The lowest BCUT2D eigenvalue weighted by Gasteiger charge is -2.27. The molecule has 1 aromatic rings. The average molecular weight is 313 g/mol. The van der Waals surface area contributed by atoms with Crippen LogP contribution in [0.2, 0.25) is 0 Å². The predicted molar refractivity (Wildman–Crippen MR) is 82.0 cm³/mol. The number of rotatable bonds is 5. The molecule has 0 aromatic heterocycles. The van der Waals surface area contributed by atoms with E-state index in [-0.39, 0.29) is 21.9 Å². The van der Waals surface area contributed by atoms with Gasteiger partial charge < -0.3 is 5.11 Å². The maximum atomic E-state index is 12.4. The third-order valence-electron chi connectivity index (χ3n) is 3.63. The first-order valence-electron chi connectivity index (χ1n) is 6.87. The maximum absolute atomic E-state index is 12.4. The zero-order valence-corrected chi connectivity index (χ0v) is 13.9. The fourth-order valence-electron chi connectivity index (χ4n) is 1.71. The van der Waals surface area contributed by atoms with Gasteiger partial charge >= 0.3 is 5.97 Å². The Kier molecular flexibility index (Phi) is 5.17. The first-order valence-corrected chi connectivity index (χ1v) is 8.36. The molecule has 0 aliphatic rings. The van der Waals surface area contributed by atoms with Crippen LogP contribution < -0.4 is 4.72 Å². The quantitative estimate of drug-likeness (QED) is 0.875. The number of nitrogens with one attached hydrogen (secondary N) is 1. The number of hydrogen-bond acceptors (Lipinski definition) is 3. The summed E-state index contributed by atoms with van der Waals surface area (Å²) < 4.78 is 27.3. The summed E-state index contributed by atoms with van der Waals surface area (Å²) in [4.78, 5) is 11.2. The zero-order chi connectivity index (χ0) is 16.4. The van der Waals surface area contributed by atoms with Crippen molar-refractivity contribution >= 4 is 16.0 Å². The highest BCUT2D eigenvalue weighted by molar-refractivity contribution is 7.89. The molecule has 0 saturated carbocycles. The molecule has 0 spiro atoms. The predicted octanol–water partition coefficient (Wildman–Crippen LogP) is 2.66. The third-order valence-corrected chi connectivity index (χ3v) is 5.17. The van der Waals surface area contributed by atoms with Crippen LogP contribution in [0.1, 0.15) is 50.5 Å². The molecule has 1 aromatic carbocycles. The van der Waals surface area contributed by atoms with Gasteiger partial charge in [-0.3, -0.25) is 0 Å². The fourth-order valence-corrected chi connectivity index (χ4v) is 3.18. The van der Waals surface area contributed by atoms with Crippen molar-refractivity contribution < 1.29 is 18.3 Å². The van der Waals surface area contributed by atoms with Crippen LogP contribution in [-0.2, 0) is 16.4 Å². The van der Waals surface area contributed by atoms with Gasteiger partial charge in [-0.2, -0.15) is 0 Å². The molecule has 1 atom stereocenters. The van der Waals surface area contributed by atoms with Gasteiger partial charge in [-0.1, -0.05) is 33.8 Å². The lowest BCUT2D eigenvalue weighted by molar-refractivity contribution is 0.0695. The van der Waals surface area contributed by atoms with Crippen molar-refractivity contribution in [3.63, 3.8) is 0 Å². The highest BCUT2D eigenvalue weighted by Crippen LogP contribution is 2.22. The van der Waals surface area contributed by atoms with E-state index in [9.17, 15) is 18.3 Å². The Bertz CT molecular complexity index is 630. The SMILES string of the molecule is CCc1ccc(S(=O)(=O)NC(C)C(C)(C)C)cc1C(=O)O. The number of hydrogen-bond donors (Lipinski definition) is 2. The van der Waals surface area contributed by atoms with Crippen molar-refractivity contribution in [1.82, 2.24) is 4.72 Å². The van der Waals surface area contributed by atoms with Crippen molar-refractivity contribution in [3.05, 3.63) is 29.3 Å². The molecule has 0 heterocycles. The summed E-state index contributed by atoms with van der Waals surface area (Å²) in [6.07, 6.45) is 0.535. The molecule has 118 valence electrons. The maximum Gasteiger partial charge on any atom is 0.336 e. The first-order chi connectivity index (χ1) is 9.49. The van der Waals surface area contributed by atoms with E-state index in [1.165, 1.54) is 12.1 Å². The molecule has 1 rings (SSSR count). The van der Waals surface area contributed by atoms with Crippen LogP contribution in [0.3, 0.4) is 0 Å². The number of carboxylic acids is 1. The third kappa shape index (κ3) is 4.28. The molecule has 21 heavy (non-hydrogen) atoms. The summed E-state index contributed by atoms with van der Waals surface area (Å²) >= 11 is 0. The monoisotopic (exact) mass is 313 g/mol. The van der Waals surface area contributed by atoms with Crippen LogP contribution in [0.5, 0.6) is 0 Å². The number of carbonyl (C=O) groups is 1. The van der Waals surface area contributed by atoms with Gasteiger partial charge in [-0.15, -0.1) is 0 Å². The second-order valence-corrected chi connectivity index (χ2v) is 7.90. The molecular weight excluding hydrogens is 290 g/mol. The summed E-state index contributed by atoms with van der Waals surface area (Å²) in [5.74, 6) is -1.12. The Morgan fingerprint density at radius 1 is 1.33 bits per heavy atom. The second kappa shape index (κ2) is 6.15. The molecular formula is C15H23NO4S. The van der Waals surface area contributed by atoms with E-state index in [2.05, 4.69) is 4.72 Å². The molecule has 2 N–H and O–H groups in total. The molecule has 0 aliphatic heterocycles. The van der Waals surface area contributed by atoms with Crippen molar-refractivity contribution in [2.24, 2.45) is 5.41 Å². The molecule has 0 bridgehead atoms. The van der Waals surface area contributed by atoms with Crippen LogP contribution in [0.25, 0.3) is 0 Å². The number of sulfonamides is 1. The normalized spacial score (nSPS) is 14.0. The van der Waals surface area contributed by atoms with Gasteiger partial charge in [0, 0.05) is 6.04 Å². The number of aromatic carboxylic acids is 1. The molecule has 0 aliphatic carbocycles. The summed E-state index contributed by atoms with van der Waals surface area (Å²) in [6.45, 7) is 9.42. The summed E-state index contributed by atoms with van der Waals surface area (Å²) in [7, 11) is -3.74. The lowest BCUT2D eigenvalue weighted by atomic mass is 9.89. The van der Waals surface area contributed by atoms with Gasteiger partial charge in [0.15, 0.2) is 0 Å². The topological polar surface area (TPSA) is 83.5 Å². The Hall–Kier alpha value is -1.40. The minimum Gasteiger partial charge on any atom is -0.478 e. The van der Waals surface area contributed by atoms with Gasteiger partial charge in [0.2, 0.25) is 10.0 Å². The molecule has 0 saturated heterocycles. The van der Waals surface area contributed by atoms with Crippen molar-refractivity contribution in [2.45, 2.75) is 52.0 Å². The van der Waals surface area contributed by atoms with E-state index in [1.807, 2.05) is 27.7 Å². The van der Waals surface area contributed by atoms with Gasteiger partial charge in [-0.05, 0) is 36.5 Å². The summed E-state index contributed by atoms with van der Waals surface area (Å²) in [6, 6.07) is 3.95. The average Bonchev–Trinajstić information content (AvgIpc) is 2.36. The van der Waals surface area contributed by atoms with E-state index < -0.39 is 16.0 Å². The molecule has 1 unspecified atom stereocenters. The van der Waals surface area contributed by atoms with Gasteiger partial charge in [0.1, 0.15) is 0 Å². The Morgan fingerprint density at radius 2 is 1.90 bits per heavy atom. The van der Waals surface area contributed by atoms with Crippen LogP contribution in [0, 0.1) is 5.41 Å². The number of carboxylic acid groups (broad SMARTS) is 1. The smallest absolute Gasteiger partial charge is 0.336 e. The molecule has 0 amide bonds. The summed E-state index contributed by atoms with van der Waals surface area (Å²) in [5.41, 5.74) is 0.417. The van der Waals surface area contributed by atoms with Gasteiger partial charge in [0.25, 0.3) is 0 Å². The van der Waals surface area contributed by atoms with Crippen LogP contribution >= 0.6 is 0 Å². The number of aryl methyl sites for hydroxylation is 1. The molecule has 0 fully saturated rings. The highest BCUT2D eigenvalue weighted by Gasteiger charge is 2.26. The van der Waals surface area contributed by atoms with Crippen LogP contribution in [0.15, 0.2) is 23.1 Å². The first kappa shape index (κ1) is 17.7. The van der Waals surface area contributed by atoms with E-state index >= 15 is 0 Å². The Balaban J connectivity index is 3.21.